The molecule has 0 aliphatic carbocycles. The Balaban J connectivity index is 4.79. The Morgan fingerprint density at radius 3 is 2.35 bits per heavy atom. The van der Waals surface area contributed by atoms with Gasteiger partial charge >= 0.3 is 0 Å². The van der Waals surface area contributed by atoms with Crippen molar-refractivity contribution in [3.05, 3.63) is 12.2 Å². The molecule has 0 aliphatic rings. The molecule has 0 saturated carbocycles. The molecule has 1 amide bonds. The maximum absolute atomic E-state index is 12.2. The summed E-state index contributed by atoms with van der Waals surface area (Å²) in [6.07, 6.45) is 10.7. The molecule has 0 fully saturated rings. The highest BCUT2D eigenvalue weighted by Gasteiger charge is 2.23. The number of hydrogen-bond donors (Lipinski definition) is 2. The van der Waals surface area contributed by atoms with E-state index >= 15 is 0 Å². The van der Waals surface area contributed by atoms with Gasteiger partial charge in [0.1, 0.15) is 13.2 Å². The summed E-state index contributed by atoms with van der Waals surface area (Å²) in [6, 6.07) is -0.870. The molecule has 0 aliphatic heterocycles. The number of carbonyl (C=O) groups excluding carboxylic acids is 1. The van der Waals surface area contributed by atoms with Gasteiger partial charge in [-0.2, -0.15) is 0 Å². The lowest BCUT2D eigenvalue weighted by Crippen LogP contribution is -2.45. The molecule has 2 N–H and O–H groups in total. The van der Waals surface area contributed by atoms with Crippen molar-refractivity contribution >= 4 is 13.7 Å². The van der Waals surface area contributed by atoms with Crippen molar-refractivity contribution in [3.8, 4) is 0 Å². The van der Waals surface area contributed by atoms with Crippen LogP contribution in [0.15, 0.2) is 12.2 Å². The van der Waals surface area contributed by atoms with Crippen molar-refractivity contribution in [2.24, 2.45) is 0 Å². The second-order valence-electron chi connectivity index (χ2n) is 8.99. The van der Waals surface area contributed by atoms with E-state index in [0.29, 0.717) is 17.4 Å². The van der Waals surface area contributed by atoms with Crippen LogP contribution in [-0.2, 0) is 18.4 Å². The molecular formula is C22H45N2O6P. The number of nitrogens with one attached hydrogen (secondary N) is 1. The van der Waals surface area contributed by atoms with Crippen LogP contribution in [0.25, 0.3) is 0 Å². The topological polar surface area (TPSA) is 108 Å². The monoisotopic (exact) mass is 464 g/mol. The number of rotatable bonds is 19. The summed E-state index contributed by atoms with van der Waals surface area (Å²) in [6.45, 7) is 4.31. The molecule has 184 valence electrons. The summed E-state index contributed by atoms with van der Waals surface area (Å²) < 4.78 is 22.5. The van der Waals surface area contributed by atoms with Crippen LogP contribution >= 0.6 is 7.82 Å². The van der Waals surface area contributed by atoms with Crippen molar-refractivity contribution in [2.45, 2.75) is 83.8 Å². The van der Waals surface area contributed by atoms with E-state index in [0.717, 1.165) is 44.9 Å². The van der Waals surface area contributed by atoms with E-state index in [2.05, 4.69) is 12.2 Å². The van der Waals surface area contributed by atoms with E-state index in [1.165, 1.54) is 6.42 Å². The molecule has 9 heteroatoms. The molecule has 0 rings (SSSR count). The molecule has 3 unspecified atom stereocenters. The number of allylic oxidation sites excluding steroid dienone is 1. The average Bonchev–Trinajstić information content (AvgIpc) is 2.66. The van der Waals surface area contributed by atoms with E-state index < -0.39 is 20.0 Å². The Labute approximate surface area is 189 Å². The number of unbranched alkanes of at least 4 members (excludes halogenated alkanes) is 6. The van der Waals surface area contributed by atoms with E-state index in [1.807, 2.05) is 34.1 Å². The van der Waals surface area contributed by atoms with Crippen LogP contribution in [0.4, 0.5) is 0 Å². The average molecular weight is 465 g/mol. The highest BCUT2D eigenvalue weighted by atomic mass is 31.2. The van der Waals surface area contributed by atoms with Crippen LogP contribution in [0.1, 0.15) is 71.6 Å². The van der Waals surface area contributed by atoms with Gasteiger partial charge in [0.2, 0.25) is 5.91 Å². The molecule has 0 heterocycles. The maximum atomic E-state index is 12.2. The van der Waals surface area contributed by atoms with Crippen molar-refractivity contribution in [1.29, 1.82) is 0 Å². The Kier molecular flexibility index (Phi) is 16.4. The highest BCUT2D eigenvalue weighted by Crippen LogP contribution is 2.38. The van der Waals surface area contributed by atoms with Gasteiger partial charge in [0.25, 0.3) is 7.82 Å². The molecule has 0 bridgehead atoms. The SMILES string of the molecule is CCCCCC/C=C/C(O)C(COP(=O)([O-])OCC[N+](C)(C)C)NC(=O)CCCCC. The minimum Gasteiger partial charge on any atom is -0.756 e. The standard InChI is InChI=1S/C22H45N2O6P/c1-6-8-10-11-12-14-15-21(25)20(23-22(26)16-13-9-7-2)19-30-31(27,28)29-18-17-24(3,4)5/h14-15,20-21,25H,6-13,16-19H2,1-5H3,(H-,23,26,27,28)/b15-14+. The zero-order valence-corrected chi connectivity index (χ0v) is 21.1. The minimum absolute atomic E-state index is 0.00145. The summed E-state index contributed by atoms with van der Waals surface area (Å²) >= 11 is 0. The van der Waals surface area contributed by atoms with Crippen LogP contribution in [-0.4, -0.2) is 68.5 Å². The number of aliphatic hydroxyl groups is 1. The summed E-state index contributed by atoms with van der Waals surface area (Å²) in [4.78, 5) is 24.3. The third kappa shape index (κ3) is 18.5. The van der Waals surface area contributed by atoms with Gasteiger partial charge in [0, 0.05) is 6.42 Å². The minimum atomic E-state index is -4.53. The predicted octanol–water partition coefficient (Wildman–Crippen LogP) is 3.15. The first-order valence-electron chi connectivity index (χ1n) is 11.6. The molecule has 0 aromatic carbocycles. The number of aliphatic hydroxyl groups excluding tert-OH is 1. The first-order chi connectivity index (χ1) is 14.5. The summed E-state index contributed by atoms with van der Waals surface area (Å²) in [5.74, 6) is -0.232. The lowest BCUT2D eigenvalue weighted by molar-refractivity contribution is -0.870. The molecular weight excluding hydrogens is 419 g/mol. The van der Waals surface area contributed by atoms with Crippen LogP contribution in [0.3, 0.4) is 0 Å². The quantitative estimate of drug-likeness (QED) is 0.132. The van der Waals surface area contributed by atoms with Crippen molar-refractivity contribution in [3.63, 3.8) is 0 Å². The van der Waals surface area contributed by atoms with Gasteiger partial charge in [-0.05, 0) is 19.3 Å². The van der Waals surface area contributed by atoms with Gasteiger partial charge in [0.15, 0.2) is 0 Å². The number of phosphoric acid groups is 1. The second-order valence-corrected chi connectivity index (χ2v) is 10.4. The molecule has 3 atom stereocenters. The van der Waals surface area contributed by atoms with E-state index in [9.17, 15) is 19.4 Å². The van der Waals surface area contributed by atoms with E-state index in [4.69, 9.17) is 9.05 Å². The van der Waals surface area contributed by atoms with Gasteiger partial charge < -0.3 is 28.8 Å². The number of nitrogens with zero attached hydrogens (tertiary/aromatic N) is 1. The molecule has 31 heavy (non-hydrogen) atoms. The molecule has 0 spiro atoms. The van der Waals surface area contributed by atoms with E-state index in [1.54, 1.807) is 6.08 Å². The van der Waals surface area contributed by atoms with E-state index in [-0.39, 0.29) is 19.1 Å². The molecule has 0 aromatic heterocycles. The lowest BCUT2D eigenvalue weighted by atomic mass is 10.1. The zero-order chi connectivity index (χ0) is 23.8. The lowest BCUT2D eigenvalue weighted by Gasteiger charge is -2.29. The smallest absolute Gasteiger partial charge is 0.268 e. The first-order valence-corrected chi connectivity index (χ1v) is 13.0. The number of hydrogen-bond acceptors (Lipinski definition) is 6. The summed E-state index contributed by atoms with van der Waals surface area (Å²) in [7, 11) is 1.24. The van der Waals surface area contributed by atoms with Crippen LogP contribution in [0, 0.1) is 0 Å². The maximum Gasteiger partial charge on any atom is 0.268 e. The fourth-order valence-electron chi connectivity index (χ4n) is 2.73. The number of carbonyl (C=O) groups is 1. The fraction of sp³-hybridized carbons (Fsp3) is 0.864. The molecule has 8 nitrogen and oxygen atoms in total. The largest absolute Gasteiger partial charge is 0.756 e. The first kappa shape index (κ1) is 30.2. The summed E-state index contributed by atoms with van der Waals surface area (Å²) in [5, 5.41) is 13.2. The third-order valence-corrected chi connectivity index (χ3v) is 5.71. The fourth-order valence-corrected chi connectivity index (χ4v) is 3.46. The second kappa shape index (κ2) is 16.8. The van der Waals surface area contributed by atoms with Crippen molar-refractivity contribution in [2.75, 3.05) is 40.9 Å². The number of quaternary nitrogens is 1. The van der Waals surface area contributed by atoms with Crippen LogP contribution in [0.2, 0.25) is 0 Å². The Hall–Kier alpha value is -0.760. The number of likely N-dealkylation sites (N-methyl/N-ethyl adjacent to an activating group) is 1. The molecule has 0 radical (unpaired) electrons. The van der Waals surface area contributed by atoms with Gasteiger partial charge in [-0.25, -0.2) is 0 Å². The Morgan fingerprint density at radius 2 is 1.74 bits per heavy atom. The number of phosphoric ester groups is 1. The molecule has 0 saturated heterocycles. The number of amides is 1. The Morgan fingerprint density at radius 1 is 1.10 bits per heavy atom. The highest BCUT2D eigenvalue weighted by molar-refractivity contribution is 7.45. The van der Waals surface area contributed by atoms with Crippen LogP contribution < -0.4 is 10.2 Å². The van der Waals surface area contributed by atoms with Gasteiger partial charge in [-0.1, -0.05) is 58.1 Å². The Bertz CT molecular complexity index is 551. The van der Waals surface area contributed by atoms with Crippen molar-refractivity contribution in [1.82, 2.24) is 5.32 Å². The molecule has 0 aromatic rings. The van der Waals surface area contributed by atoms with Gasteiger partial charge in [-0.3, -0.25) is 9.36 Å². The van der Waals surface area contributed by atoms with Crippen LogP contribution in [0.5, 0.6) is 0 Å². The van der Waals surface area contributed by atoms with Gasteiger partial charge in [-0.15, -0.1) is 0 Å². The summed E-state index contributed by atoms with van der Waals surface area (Å²) in [5.41, 5.74) is 0. The predicted molar refractivity (Wildman–Crippen MR) is 122 cm³/mol. The third-order valence-electron chi connectivity index (χ3n) is 4.75. The van der Waals surface area contributed by atoms with Crippen molar-refractivity contribution < 1.29 is 32.9 Å². The zero-order valence-electron chi connectivity index (χ0n) is 20.2. The normalized spacial score (nSPS) is 16.2. The van der Waals surface area contributed by atoms with Gasteiger partial charge in [0.05, 0.1) is 39.9 Å².